The molecule has 0 saturated carbocycles. The molecule has 5 heteroatoms. The minimum Gasteiger partial charge on any atom is -0.314 e. The maximum atomic E-state index is 13.5. The summed E-state index contributed by atoms with van der Waals surface area (Å²) in [4.78, 5) is 3.81. The minimum absolute atomic E-state index is 0. The van der Waals surface area contributed by atoms with Crippen molar-refractivity contribution in [1.29, 1.82) is 0 Å². The van der Waals surface area contributed by atoms with Crippen molar-refractivity contribution in [2.24, 2.45) is 0 Å². The fourth-order valence-corrected chi connectivity index (χ4v) is 3.67. The summed E-state index contributed by atoms with van der Waals surface area (Å²) in [5.74, 6) is -0.126. The molecule has 114 valence electrons. The van der Waals surface area contributed by atoms with Crippen LogP contribution in [0.4, 0.5) is 4.39 Å². The van der Waals surface area contributed by atoms with Crippen molar-refractivity contribution in [2.45, 2.75) is 13.0 Å². The van der Waals surface area contributed by atoms with Gasteiger partial charge in [0.1, 0.15) is 5.82 Å². The zero-order valence-corrected chi connectivity index (χ0v) is 13.6. The smallest absolute Gasteiger partial charge is 0.126 e. The van der Waals surface area contributed by atoms with Gasteiger partial charge in [-0.25, -0.2) is 4.39 Å². The summed E-state index contributed by atoms with van der Waals surface area (Å²) in [6.07, 6.45) is 0. The minimum atomic E-state index is -0.126. The molecule has 1 fully saturated rings. The third kappa shape index (κ3) is 3.64. The first-order valence-electron chi connectivity index (χ1n) is 7.00. The number of hydrogen-bond donors (Lipinski definition) is 1. The highest BCUT2D eigenvalue weighted by Crippen LogP contribution is 2.32. The van der Waals surface area contributed by atoms with Crippen molar-refractivity contribution in [3.05, 3.63) is 57.5 Å². The van der Waals surface area contributed by atoms with Crippen molar-refractivity contribution in [3.8, 4) is 0 Å². The highest BCUT2D eigenvalue weighted by Gasteiger charge is 2.24. The van der Waals surface area contributed by atoms with E-state index < -0.39 is 0 Å². The Kier molecular flexibility index (Phi) is 5.76. The van der Waals surface area contributed by atoms with Crippen LogP contribution in [-0.4, -0.2) is 31.1 Å². The fraction of sp³-hybridized carbons (Fsp3) is 0.375. The number of nitrogens with one attached hydrogen (secondary N) is 1. The molecule has 1 atom stereocenters. The van der Waals surface area contributed by atoms with E-state index in [2.05, 4.69) is 27.7 Å². The third-order valence-corrected chi connectivity index (χ3v) is 4.75. The van der Waals surface area contributed by atoms with E-state index in [0.717, 1.165) is 31.7 Å². The number of benzene rings is 1. The number of halogens is 2. The van der Waals surface area contributed by atoms with Crippen LogP contribution in [0, 0.1) is 12.7 Å². The predicted molar refractivity (Wildman–Crippen MR) is 89.0 cm³/mol. The Labute approximate surface area is 135 Å². The van der Waals surface area contributed by atoms with Gasteiger partial charge in [-0.05, 0) is 35.6 Å². The Morgan fingerprint density at radius 2 is 2.00 bits per heavy atom. The number of rotatable bonds is 3. The Balaban J connectivity index is 0.00000161. The highest BCUT2D eigenvalue weighted by atomic mass is 35.5. The summed E-state index contributed by atoms with van der Waals surface area (Å²) in [5, 5.41) is 5.50. The lowest BCUT2D eigenvalue weighted by molar-refractivity contribution is 0.200. The summed E-state index contributed by atoms with van der Waals surface area (Å²) < 4.78 is 13.5. The van der Waals surface area contributed by atoms with E-state index in [0.29, 0.717) is 0 Å². The second-order valence-corrected chi connectivity index (χ2v) is 6.19. The maximum absolute atomic E-state index is 13.5. The largest absolute Gasteiger partial charge is 0.314 e. The van der Waals surface area contributed by atoms with Gasteiger partial charge in [0, 0.05) is 31.1 Å². The van der Waals surface area contributed by atoms with Crippen LogP contribution in [0.2, 0.25) is 0 Å². The number of aryl methyl sites for hydroxylation is 1. The zero-order valence-electron chi connectivity index (χ0n) is 12.0. The lowest BCUT2D eigenvalue weighted by Crippen LogP contribution is -2.45. The van der Waals surface area contributed by atoms with Gasteiger partial charge >= 0.3 is 0 Å². The van der Waals surface area contributed by atoms with Crippen molar-refractivity contribution >= 4 is 23.7 Å². The molecule has 0 spiro atoms. The quantitative estimate of drug-likeness (QED) is 0.927. The first-order valence-corrected chi connectivity index (χ1v) is 7.88. The first-order chi connectivity index (χ1) is 9.75. The molecule has 0 unspecified atom stereocenters. The second kappa shape index (κ2) is 7.36. The van der Waals surface area contributed by atoms with Crippen LogP contribution in [0.5, 0.6) is 0 Å². The van der Waals surface area contributed by atoms with Gasteiger partial charge in [0.2, 0.25) is 0 Å². The van der Waals surface area contributed by atoms with Crippen molar-refractivity contribution in [3.63, 3.8) is 0 Å². The molecule has 0 amide bonds. The van der Waals surface area contributed by atoms with Gasteiger partial charge in [0.25, 0.3) is 0 Å². The van der Waals surface area contributed by atoms with Gasteiger partial charge in [-0.3, -0.25) is 4.90 Å². The molecular weight excluding hydrogens is 307 g/mol. The molecule has 0 radical (unpaired) electrons. The molecule has 0 bridgehead atoms. The molecule has 1 saturated heterocycles. The lowest BCUT2D eigenvalue weighted by atomic mass is 10.0. The van der Waals surface area contributed by atoms with Crippen molar-refractivity contribution < 1.29 is 4.39 Å². The normalized spacial score (nSPS) is 17.2. The van der Waals surface area contributed by atoms with Crippen LogP contribution in [0.25, 0.3) is 0 Å². The lowest BCUT2D eigenvalue weighted by Gasteiger charge is -2.35. The van der Waals surface area contributed by atoms with E-state index in [1.54, 1.807) is 17.4 Å². The fourth-order valence-electron chi connectivity index (χ4n) is 2.78. The van der Waals surface area contributed by atoms with Gasteiger partial charge in [0.15, 0.2) is 0 Å². The van der Waals surface area contributed by atoms with Crippen LogP contribution < -0.4 is 5.32 Å². The van der Waals surface area contributed by atoms with Crippen LogP contribution >= 0.6 is 23.7 Å². The van der Waals surface area contributed by atoms with E-state index in [4.69, 9.17) is 0 Å². The molecule has 2 heterocycles. The molecule has 1 aromatic heterocycles. The molecule has 2 nitrogen and oxygen atoms in total. The standard InChI is InChI=1S/C16H19FN2S.ClH/c1-12-11-13(4-5-14(12)17)16(15-3-2-10-20-15)19-8-6-18-7-9-19;/h2-5,10-11,16,18H,6-9H2,1H3;1H/t16-;/m0./s1. The topological polar surface area (TPSA) is 15.3 Å². The number of nitrogens with zero attached hydrogens (tertiary/aromatic N) is 1. The third-order valence-electron chi connectivity index (χ3n) is 3.83. The van der Waals surface area contributed by atoms with Crippen molar-refractivity contribution in [2.75, 3.05) is 26.2 Å². The Morgan fingerprint density at radius 3 is 2.62 bits per heavy atom. The van der Waals surface area contributed by atoms with E-state index in [1.807, 2.05) is 19.1 Å². The predicted octanol–water partition coefficient (Wildman–Crippen LogP) is 3.61. The zero-order chi connectivity index (χ0) is 13.9. The first kappa shape index (κ1) is 16.4. The Hall–Kier alpha value is -0.940. The number of thiophene rings is 1. The molecular formula is C16H20ClFN2S. The van der Waals surface area contributed by atoms with Crippen molar-refractivity contribution in [1.82, 2.24) is 10.2 Å². The highest BCUT2D eigenvalue weighted by molar-refractivity contribution is 7.10. The summed E-state index contributed by atoms with van der Waals surface area (Å²) in [7, 11) is 0. The summed E-state index contributed by atoms with van der Waals surface area (Å²) in [5.41, 5.74) is 1.91. The number of hydrogen-bond acceptors (Lipinski definition) is 3. The van der Waals surface area contributed by atoms with Crippen LogP contribution in [0.1, 0.15) is 22.0 Å². The number of piperazine rings is 1. The summed E-state index contributed by atoms with van der Waals surface area (Å²) in [6.45, 7) is 5.92. The molecule has 2 aromatic rings. The Morgan fingerprint density at radius 1 is 1.24 bits per heavy atom. The average Bonchev–Trinajstić information content (AvgIpc) is 2.98. The summed E-state index contributed by atoms with van der Waals surface area (Å²) >= 11 is 1.77. The summed E-state index contributed by atoms with van der Waals surface area (Å²) in [6, 6.07) is 10.0. The van der Waals surface area contributed by atoms with E-state index in [1.165, 1.54) is 10.4 Å². The molecule has 1 aliphatic rings. The molecule has 3 rings (SSSR count). The van der Waals surface area contributed by atoms with Crippen LogP contribution in [0.15, 0.2) is 35.7 Å². The van der Waals surface area contributed by atoms with E-state index in [9.17, 15) is 4.39 Å². The molecule has 21 heavy (non-hydrogen) atoms. The Bertz CT molecular complexity index is 568. The van der Waals surface area contributed by atoms with Gasteiger partial charge in [-0.2, -0.15) is 0 Å². The van der Waals surface area contributed by atoms with Gasteiger partial charge in [-0.1, -0.05) is 18.2 Å². The monoisotopic (exact) mass is 326 g/mol. The molecule has 1 aliphatic heterocycles. The maximum Gasteiger partial charge on any atom is 0.126 e. The molecule has 0 aliphatic carbocycles. The van der Waals surface area contributed by atoms with E-state index >= 15 is 0 Å². The average molecular weight is 327 g/mol. The van der Waals surface area contributed by atoms with E-state index in [-0.39, 0.29) is 24.3 Å². The van der Waals surface area contributed by atoms with Crippen LogP contribution in [0.3, 0.4) is 0 Å². The van der Waals surface area contributed by atoms with Gasteiger partial charge < -0.3 is 5.32 Å². The van der Waals surface area contributed by atoms with Crippen LogP contribution in [-0.2, 0) is 0 Å². The van der Waals surface area contributed by atoms with Gasteiger partial charge in [-0.15, -0.1) is 23.7 Å². The molecule has 1 aromatic carbocycles. The molecule has 1 N–H and O–H groups in total. The SMILES string of the molecule is Cc1cc([C@@H](c2cccs2)N2CCNCC2)ccc1F.Cl. The second-order valence-electron chi connectivity index (χ2n) is 5.21. The van der Waals surface area contributed by atoms with Gasteiger partial charge in [0.05, 0.1) is 6.04 Å².